The van der Waals surface area contributed by atoms with E-state index in [0.717, 1.165) is 16.9 Å². The van der Waals surface area contributed by atoms with Gasteiger partial charge in [-0.25, -0.2) is 9.36 Å². The van der Waals surface area contributed by atoms with Gasteiger partial charge >= 0.3 is 0 Å². The molecular formula is C26H29N5O4. The van der Waals surface area contributed by atoms with Crippen molar-refractivity contribution in [3.63, 3.8) is 0 Å². The minimum Gasteiger partial charge on any atom is -0.493 e. The van der Waals surface area contributed by atoms with Gasteiger partial charge in [0.2, 0.25) is 5.91 Å². The highest BCUT2D eigenvalue weighted by atomic mass is 16.5. The van der Waals surface area contributed by atoms with Crippen molar-refractivity contribution in [2.75, 3.05) is 20.8 Å². The molecule has 0 unspecified atom stereocenters. The number of carbonyl (C=O) groups is 1. The highest BCUT2D eigenvalue weighted by Gasteiger charge is 2.23. The number of aryl methyl sites for hydroxylation is 2. The van der Waals surface area contributed by atoms with E-state index in [0.29, 0.717) is 41.1 Å². The highest BCUT2D eigenvalue weighted by molar-refractivity contribution is 5.84. The molecule has 182 valence electrons. The molecule has 2 aromatic heterocycles. The molecule has 0 aliphatic carbocycles. The van der Waals surface area contributed by atoms with Crippen molar-refractivity contribution in [1.29, 1.82) is 0 Å². The van der Waals surface area contributed by atoms with E-state index in [1.165, 1.54) is 4.68 Å². The molecule has 35 heavy (non-hydrogen) atoms. The average molecular weight is 476 g/mol. The Morgan fingerprint density at radius 3 is 2.43 bits per heavy atom. The van der Waals surface area contributed by atoms with E-state index in [4.69, 9.17) is 9.47 Å². The number of hydrogen-bond acceptors (Lipinski definition) is 6. The van der Waals surface area contributed by atoms with Crippen LogP contribution in [0.5, 0.6) is 11.5 Å². The van der Waals surface area contributed by atoms with Crippen molar-refractivity contribution in [3.8, 4) is 17.2 Å². The van der Waals surface area contributed by atoms with Crippen molar-refractivity contribution >= 4 is 16.8 Å². The van der Waals surface area contributed by atoms with Gasteiger partial charge in [-0.15, -0.1) is 0 Å². The Balaban J connectivity index is 1.53. The molecule has 2 aromatic carbocycles. The fraction of sp³-hybridized carbons (Fsp3) is 0.308. The second-order valence-corrected chi connectivity index (χ2v) is 8.30. The van der Waals surface area contributed by atoms with Crippen LogP contribution in [0.25, 0.3) is 16.6 Å². The van der Waals surface area contributed by atoms with Crippen LogP contribution in [0.1, 0.15) is 29.9 Å². The molecule has 1 atom stereocenters. The number of rotatable bonds is 8. The van der Waals surface area contributed by atoms with Crippen LogP contribution < -0.4 is 20.3 Å². The Labute approximate surface area is 203 Å². The number of para-hydroxylation sites is 1. The first-order chi connectivity index (χ1) is 16.8. The lowest BCUT2D eigenvalue weighted by Gasteiger charge is -2.15. The zero-order valence-electron chi connectivity index (χ0n) is 20.5. The molecule has 0 fully saturated rings. The maximum Gasteiger partial charge on any atom is 0.295 e. The van der Waals surface area contributed by atoms with Gasteiger partial charge in [-0.3, -0.25) is 9.59 Å². The number of fused-ring (bicyclic) bond motifs is 1. The summed E-state index contributed by atoms with van der Waals surface area (Å²) in [5.41, 5.74) is 3.21. The normalized spacial score (nSPS) is 11.9. The van der Waals surface area contributed by atoms with Crippen molar-refractivity contribution in [2.24, 2.45) is 0 Å². The van der Waals surface area contributed by atoms with Gasteiger partial charge in [0.15, 0.2) is 17.0 Å². The number of hydrogen-bond donors (Lipinski definition) is 1. The summed E-state index contributed by atoms with van der Waals surface area (Å²) in [5.74, 6) is 0.988. The SMILES string of the molecule is COc1ccc(CCNC(=O)[C@@H](C)n2nc(C)c3c(C)n(-c4ccccc4)nc3c2=O)cc1OC. The fourth-order valence-corrected chi connectivity index (χ4v) is 4.16. The zero-order valence-corrected chi connectivity index (χ0v) is 20.5. The predicted molar refractivity (Wildman–Crippen MR) is 134 cm³/mol. The van der Waals surface area contributed by atoms with Gasteiger partial charge < -0.3 is 14.8 Å². The molecule has 0 spiro atoms. The predicted octanol–water partition coefficient (Wildman–Crippen LogP) is 3.14. The summed E-state index contributed by atoms with van der Waals surface area (Å²) in [6.45, 7) is 5.79. The Morgan fingerprint density at radius 1 is 1.03 bits per heavy atom. The molecule has 1 amide bonds. The van der Waals surface area contributed by atoms with Crippen LogP contribution in [0, 0.1) is 13.8 Å². The van der Waals surface area contributed by atoms with Gasteiger partial charge in [0, 0.05) is 6.54 Å². The van der Waals surface area contributed by atoms with Crippen LogP contribution in [0.4, 0.5) is 0 Å². The smallest absolute Gasteiger partial charge is 0.295 e. The standard InChI is InChI=1S/C26H29N5O4/c1-16-23-17(2)30(20-9-7-6-8-10-20)29-24(23)26(33)31(28-16)18(3)25(32)27-14-13-19-11-12-21(34-4)22(15-19)35-5/h6-12,15,18H,13-14H2,1-5H3,(H,27,32)/t18-/m1/s1. The Kier molecular flexibility index (Phi) is 6.86. The van der Waals surface area contributed by atoms with Crippen LogP contribution in [0.2, 0.25) is 0 Å². The summed E-state index contributed by atoms with van der Waals surface area (Å²) in [6.07, 6.45) is 0.597. The third-order valence-electron chi connectivity index (χ3n) is 6.05. The molecule has 0 aliphatic heterocycles. The molecule has 1 N–H and O–H groups in total. The Morgan fingerprint density at radius 2 is 1.74 bits per heavy atom. The maximum atomic E-state index is 13.3. The lowest BCUT2D eigenvalue weighted by molar-refractivity contribution is -0.124. The summed E-state index contributed by atoms with van der Waals surface area (Å²) >= 11 is 0. The first-order valence-electron chi connectivity index (χ1n) is 11.4. The number of carbonyl (C=O) groups excluding carboxylic acids is 1. The van der Waals surface area contributed by atoms with Gasteiger partial charge in [-0.1, -0.05) is 24.3 Å². The lowest BCUT2D eigenvalue weighted by atomic mass is 10.1. The van der Waals surface area contributed by atoms with Gasteiger partial charge in [-0.2, -0.15) is 10.2 Å². The average Bonchev–Trinajstić information content (AvgIpc) is 3.24. The Hall–Kier alpha value is -4.14. The third-order valence-corrected chi connectivity index (χ3v) is 6.05. The van der Waals surface area contributed by atoms with Gasteiger partial charge in [-0.05, 0) is 57.0 Å². The molecule has 0 aliphatic rings. The van der Waals surface area contributed by atoms with Crippen LogP contribution in [0.15, 0.2) is 53.3 Å². The van der Waals surface area contributed by atoms with Gasteiger partial charge in [0.25, 0.3) is 5.56 Å². The second-order valence-electron chi connectivity index (χ2n) is 8.30. The molecule has 4 aromatic rings. The van der Waals surface area contributed by atoms with E-state index >= 15 is 0 Å². The second kappa shape index (κ2) is 10.0. The molecule has 0 saturated heterocycles. The Bertz CT molecular complexity index is 1430. The monoisotopic (exact) mass is 475 g/mol. The van der Waals surface area contributed by atoms with Crippen molar-refractivity contribution < 1.29 is 14.3 Å². The number of benzene rings is 2. The molecule has 9 heteroatoms. The van der Waals surface area contributed by atoms with Crippen LogP contribution >= 0.6 is 0 Å². The van der Waals surface area contributed by atoms with E-state index in [2.05, 4.69) is 15.5 Å². The molecule has 9 nitrogen and oxygen atoms in total. The first-order valence-corrected chi connectivity index (χ1v) is 11.4. The summed E-state index contributed by atoms with van der Waals surface area (Å²) in [5, 5.41) is 12.6. The number of methoxy groups -OCH3 is 2. The van der Waals surface area contributed by atoms with Crippen molar-refractivity contribution in [3.05, 3.63) is 75.8 Å². The van der Waals surface area contributed by atoms with E-state index < -0.39 is 11.6 Å². The quantitative estimate of drug-likeness (QED) is 0.420. The number of aromatic nitrogens is 4. The van der Waals surface area contributed by atoms with Gasteiger partial charge in [0.05, 0.1) is 36.7 Å². The summed E-state index contributed by atoms with van der Waals surface area (Å²) in [7, 11) is 3.17. The minimum absolute atomic E-state index is 0.293. The minimum atomic E-state index is -0.793. The van der Waals surface area contributed by atoms with Crippen LogP contribution in [0.3, 0.4) is 0 Å². The first kappa shape index (κ1) is 24.0. The van der Waals surface area contributed by atoms with Crippen molar-refractivity contribution in [1.82, 2.24) is 24.9 Å². The van der Waals surface area contributed by atoms with E-state index in [9.17, 15) is 9.59 Å². The number of nitrogens with one attached hydrogen (secondary N) is 1. The lowest BCUT2D eigenvalue weighted by Crippen LogP contribution is -2.38. The number of nitrogens with zero attached hydrogens (tertiary/aromatic N) is 4. The highest BCUT2D eigenvalue weighted by Crippen LogP contribution is 2.27. The molecule has 4 rings (SSSR count). The summed E-state index contributed by atoms with van der Waals surface area (Å²) in [6, 6.07) is 14.4. The number of amides is 1. The maximum absolute atomic E-state index is 13.3. The van der Waals surface area contributed by atoms with Crippen LogP contribution in [-0.4, -0.2) is 46.2 Å². The zero-order chi connectivity index (χ0) is 25.1. The van der Waals surface area contributed by atoms with Crippen LogP contribution in [-0.2, 0) is 11.2 Å². The fourth-order valence-electron chi connectivity index (χ4n) is 4.16. The molecular weight excluding hydrogens is 446 g/mol. The van der Waals surface area contributed by atoms with E-state index in [1.54, 1.807) is 25.8 Å². The molecule has 2 heterocycles. The summed E-state index contributed by atoms with van der Waals surface area (Å²) < 4.78 is 13.5. The largest absolute Gasteiger partial charge is 0.493 e. The van der Waals surface area contributed by atoms with E-state index in [1.807, 2.05) is 62.4 Å². The van der Waals surface area contributed by atoms with E-state index in [-0.39, 0.29) is 5.91 Å². The molecule has 0 radical (unpaired) electrons. The van der Waals surface area contributed by atoms with Crippen molar-refractivity contribution in [2.45, 2.75) is 33.2 Å². The third kappa shape index (κ3) is 4.62. The molecule has 0 bridgehead atoms. The van der Waals surface area contributed by atoms with Gasteiger partial charge in [0.1, 0.15) is 6.04 Å². The topological polar surface area (TPSA) is 100 Å². The summed E-state index contributed by atoms with van der Waals surface area (Å²) in [4.78, 5) is 26.1. The molecule has 0 saturated carbocycles. The number of ether oxygens (including phenoxy) is 2.